The van der Waals surface area contributed by atoms with Crippen LogP contribution in [0.15, 0.2) is 34.1 Å². The van der Waals surface area contributed by atoms with Crippen LogP contribution < -0.4 is 0 Å². The van der Waals surface area contributed by atoms with E-state index in [9.17, 15) is 0 Å². The van der Waals surface area contributed by atoms with Crippen molar-refractivity contribution >= 4 is 24.4 Å². The Morgan fingerprint density at radius 3 is 3.09 bits per heavy atom. The zero-order valence-corrected chi connectivity index (χ0v) is 8.03. The number of fused-ring (bicyclic) bond motifs is 1. The average molecular weight is 182 g/mol. The van der Waals surface area contributed by atoms with Gasteiger partial charge in [0.05, 0.1) is 0 Å². The molecule has 2 heteroatoms. The Kier molecular flexibility index (Phi) is 1.90. The highest BCUT2D eigenvalue weighted by Crippen LogP contribution is 2.43. The van der Waals surface area contributed by atoms with Crippen LogP contribution in [-0.2, 0) is 0 Å². The summed E-state index contributed by atoms with van der Waals surface area (Å²) in [6.07, 6.45) is 8.74. The second-order valence-corrected chi connectivity index (χ2v) is 4.90. The summed E-state index contributed by atoms with van der Waals surface area (Å²) in [7, 11) is 0. The molecular formula is C9H10S2. The van der Waals surface area contributed by atoms with E-state index in [0.29, 0.717) is 11.2 Å². The maximum absolute atomic E-state index is 4.34. The van der Waals surface area contributed by atoms with Crippen LogP contribution in [0.3, 0.4) is 0 Å². The molecule has 2 aliphatic rings. The van der Waals surface area contributed by atoms with Gasteiger partial charge in [0.2, 0.25) is 0 Å². The Labute approximate surface area is 76.9 Å². The monoisotopic (exact) mass is 182 g/mol. The summed E-state index contributed by atoms with van der Waals surface area (Å²) in [4.78, 5) is 0. The summed E-state index contributed by atoms with van der Waals surface area (Å²) in [5.74, 6) is 0.654. The number of hydrogen-bond acceptors (Lipinski definition) is 2. The Morgan fingerprint density at radius 2 is 2.36 bits per heavy atom. The van der Waals surface area contributed by atoms with Crippen LogP contribution in [-0.4, -0.2) is 5.25 Å². The van der Waals surface area contributed by atoms with Gasteiger partial charge in [0.1, 0.15) is 0 Å². The largest absolute Gasteiger partial charge is 0.137 e. The zero-order chi connectivity index (χ0) is 7.84. The normalized spacial score (nSPS) is 34.7. The first kappa shape index (κ1) is 7.56. The van der Waals surface area contributed by atoms with Gasteiger partial charge in [-0.15, -0.1) is 24.4 Å². The Bertz CT molecular complexity index is 261. The van der Waals surface area contributed by atoms with Crippen LogP contribution in [0.5, 0.6) is 0 Å². The average Bonchev–Trinajstić information content (AvgIpc) is 2.31. The summed E-state index contributed by atoms with van der Waals surface area (Å²) in [5, 5.41) is 0.632. The lowest BCUT2D eigenvalue weighted by Crippen LogP contribution is -2.13. The first-order valence-electron chi connectivity index (χ1n) is 3.73. The summed E-state index contributed by atoms with van der Waals surface area (Å²) < 4.78 is 1.15. The van der Waals surface area contributed by atoms with Crippen molar-refractivity contribution in [1.82, 2.24) is 0 Å². The topological polar surface area (TPSA) is 0 Å². The fraction of sp³-hybridized carbons (Fsp3) is 0.333. The quantitative estimate of drug-likeness (QED) is 0.562. The van der Waals surface area contributed by atoms with Crippen molar-refractivity contribution in [3.05, 3.63) is 34.1 Å². The van der Waals surface area contributed by atoms with Gasteiger partial charge in [-0.3, -0.25) is 0 Å². The van der Waals surface area contributed by atoms with Gasteiger partial charge in [-0.2, -0.15) is 0 Å². The summed E-state index contributed by atoms with van der Waals surface area (Å²) in [6, 6.07) is 0. The minimum Gasteiger partial charge on any atom is -0.137 e. The Balaban J connectivity index is 2.31. The van der Waals surface area contributed by atoms with Gasteiger partial charge >= 0.3 is 0 Å². The molecule has 1 aliphatic carbocycles. The van der Waals surface area contributed by atoms with Crippen molar-refractivity contribution in [2.24, 2.45) is 5.92 Å². The first-order valence-corrected chi connectivity index (χ1v) is 5.06. The number of thioether (sulfide) groups is 1. The van der Waals surface area contributed by atoms with Crippen molar-refractivity contribution in [2.75, 3.05) is 0 Å². The molecule has 11 heavy (non-hydrogen) atoms. The second-order valence-electron chi connectivity index (χ2n) is 2.93. The number of thiol groups is 1. The smallest absolute Gasteiger partial charge is 0.0410 e. The van der Waals surface area contributed by atoms with Gasteiger partial charge < -0.3 is 0 Å². The molecule has 0 aromatic carbocycles. The minimum atomic E-state index is 0.632. The zero-order valence-electron chi connectivity index (χ0n) is 6.32. The molecule has 1 heterocycles. The standard InChI is InChI=1S/C9H10S2/c1-6-3-2-4-7-5-8(10)11-9(6)7/h2-6,9-10H,1H3. The number of rotatable bonds is 0. The van der Waals surface area contributed by atoms with Gasteiger partial charge in [0.15, 0.2) is 0 Å². The SMILES string of the molecule is CC1C=CC=C2C=C(S)SC21. The predicted octanol–water partition coefficient (Wildman–Crippen LogP) is 3.01. The highest BCUT2D eigenvalue weighted by atomic mass is 32.2. The van der Waals surface area contributed by atoms with Crippen LogP contribution in [0, 0.1) is 5.92 Å². The third kappa shape index (κ3) is 1.30. The van der Waals surface area contributed by atoms with Crippen LogP contribution in [0.2, 0.25) is 0 Å². The maximum Gasteiger partial charge on any atom is 0.0410 e. The van der Waals surface area contributed by atoms with Crippen LogP contribution in [0.1, 0.15) is 6.92 Å². The van der Waals surface area contributed by atoms with E-state index in [2.05, 4.69) is 43.9 Å². The fourth-order valence-corrected chi connectivity index (χ4v) is 3.00. The molecule has 0 amide bonds. The first-order chi connectivity index (χ1) is 5.27. The molecule has 0 saturated heterocycles. The van der Waals surface area contributed by atoms with E-state index in [-0.39, 0.29) is 0 Å². The lowest BCUT2D eigenvalue weighted by atomic mass is 9.96. The molecule has 2 rings (SSSR count). The summed E-state index contributed by atoms with van der Waals surface area (Å²) in [6.45, 7) is 2.25. The van der Waals surface area contributed by atoms with Crippen molar-refractivity contribution in [3.63, 3.8) is 0 Å². The van der Waals surface area contributed by atoms with Gasteiger partial charge in [0, 0.05) is 9.49 Å². The van der Waals surface area contributed by atoms with Gasteiger partial charge in [0.25, 0.3) is 0 Å². The van der Waals surface area contributed by atoms with Crippen LogP contribution >= 0.6 is 24.4 Å². The third-order valence-electron chi connectivity index (χ3n) is 2.05. The molecule has 2 atom stereocenters. The molecule has 0 radical (unpaired) electrons. The number of hydrogen-bond donors (Lipinski definition) is 1. The Hall–Kier alpha value is -0.0800. The van der Waals surface area contributed by atoms with E-state index in [4.69, 9.17) is 0 Å². The van der Waals surface area contributed by atoms with Crippen LogP contribution in [0.25, 0.3) is 0 Å². The molecule has 0 bridgehead atoms. The number of allylic oxidation sites excluding steroid dienone is 4. The van der Waals surface area contributed by atoms with E-state index >= 15 is 0 Å². The molecular weight excluding hydrogens is 172 g/mol. The van der Waals surface area contributed by atoms with E-state index in [1.165, 1.54) is 5.57 Å². The second kappa shape index (κ2) is 2.76. The lowest BCUT2D eigenvalue weighted by Gasteiger charge is -2.19. The molecule has 0 saturated carbocycles. The maximum atomic E-state index is 4.34. The molecule has 1 aliphatic heterocycles. The fourth-order valence-electron chi connectivity index (χ4n) is 1.45. The van der Waals surface area contributed by atoms with Gasteiger partial charge in [-0.05, 0) is 17.6 Å². The highest BCUT2D eigenvalue weighted by Gasteiger charge is 2.26. The minimum absolute atomic E-state index is 0.632. The molecule has 0 nitrogen and oxygen atoms in total. The van der Waals surface area contributed by atoms with E-state index in [1.54, 1.807) is 0 Å². The Morgan fingerprint density at radius 1 is 1.55 bits per heavy atom. The highest BCUT2D eigenvalue weighted by molar-refractivity contribution is 8.16. The molecule has 2 unspecified atom stereocenters. The lowest BCUT2D eigenvalue weighted by molar-refractivity contribution is 0.740. The van der Waals surface area contributed by atoms with E-state index in [0.717, 1.165) is 4.24 Å². The molecule has 0 aromatic heterocycles. The third-order valence-corrected chi connectivity index (χ3v) is 3.81. The summed E-state index contributed by atoms with van der Waals surface area (Å²) >= 11 is 6.21. The summed E-state index contributed by atoms with van der Waals surface area (Å²) in [5.41, 5.74) is 1.43. The van der Waals surface area contributed by atoms with Gasteiger partial charge in [-0.25, -0.2) is 0 Å². The predicted molar refractivity (Wildman–Crippen MR) is 54.8 cm³/mol. The van der Waals surface area contributed by atoms with Crippen molar-refractivity contribution in [3.8, 4) is 0 Å². The molecule has 0 N–H and O–H groups in total. The molecule has 0 spiro atoms. The van der Waals surface area contributed by atoms with E-state index < -0.39 is 0 Å². The van der Waals surface area contributed by atoms with Crippen molar-refractivity contribution in [2.45, 2.75) is 12.2 Å². The van der Waals surface area contributed by atoms with E-state index in [1.807, 2.05) is 11.8 Å². The van der Waals surface area contributed by atoms with Crippen molar-refractivity contribution in [1.29, 1.82) is 0 Å². The van der Waals surface area contributed by atoms with Crippen LogP contribution in [0.4, 0.5) is 0 Å². The van der Waals surface area contributed by atoms with Crippen molar-refractivity contribution < 1.29 is 0 Å². The molecule has 0 aromatic rings. The van der Waals surface area contributed by atoms with Gasteiger partial charge in [-0.1, -0.05) is 25.2 Å². The molecule has 58 valence electrons. The molecule has 0 fully saturated rings.